The van der Waals surface area contributed by atoms with Crippen LogP contribution in [0.25, 0.3) is 0 Å². The van der Waals surface area contributed by atoms with Crippen LogP contribution in [0.1, 0.15) is 31.7 Å². The van der Waals surface area contributed by atoms with Gasteiger partial charge in [-0.2, -0.15) is 0 Å². The van der Waals surface area contributed by atoms with E-state index < -0.39 is 0 Å². The normalized spacial score (nSPS) is 12.4. The van der Waals surface area contributed by atoms with E-state index in [1.165, 1.54) is 0 Å². The van der Waals surface area contributed by atoms with Gasteiger partial charge in [-0.05, 0) is 51.1 Å². The van der Waals surface area contributed by atoms with Gasteiger partial charge in [0.1, 0.15) is 0 Å². The highest BCUT2D eigenvalue weighted by Gasteiger charge is 2.05. The Morgan fingerprint density at radius 1 is 1.33 bits per heavy atom. The number of carbonyl (C=O) groups excluding carboxylic acids is 1. The standard InChI is InChI=1S/C16H27N3O2/c1-13(20)9-11-19(2)10-3-4-16(21)18-15-7-5-14(12-17)6-8-15/h5-8,13,20H,3-4,9-12,17H2,1-2H3,(H,18,21). The molecule has 118 valence electrons. The number of benzene rings is 1. The smallest absolute Gasteiger partial charge is 0.224 e. The first-order chi connectivity index (χ1) is 10.0. The largest absolute Gasteiger partial charge is 0.393 e. The number of hydrogen-bond donors (Lipinski definition) is 3. The van der Waals surface area contributed by atoms with Crippen LogP contribution in [0.5, 0.6) is 0 Å². The van der Waals surface area contributed by atoms with Gasteiger partial charge in [0.25, 0.3) is 0 Å². The van der Waals surface area contributed by atoms with Crippen molar-refractivity contribution < 1.29 is 9.90 Å². The Labute approximate surface area is 127 Å². The second kappa shape index (κ2) is 9.50. The Morgan fingerprint density at radius 3 is 2.57 bits per heavy atom. The maximum absolute atomic E-state index is 11.8. The quantitative estimate of drug-likeness (QED) is 0.646. The number of hydrogen-bond acceptors (Lipinski definition) is 4. The topological polar surface area (TPSA) is 78.6 Å². The summed E-state index contributed by atoms with van der Waals surface area (Å²) in [4.78, 5) is 14.0. The number of nitrogens with two attached hydrogens (primary N) is 1. The maximum atomic E-state index is 11.8. The van der Waals surface area contributed by atoms with E-state index in [1.54, 1.807) is 6.92 Å². The molecule has 0 bridgehead atoms. The summed E-state index contributed by atoms with van der Waals surface area (Å²) in [7, 11) is 2.01. The van der Waals surface area contributed by atoms with Crippen LogP contribution in [0, 0.1) is 0 Å². The van der Waals surface area contributed by atoms with Gasteiger partial charge in [0.2, 0.25) is 5.91 Å². The van der Waals surface area contributed by atoms with Gasteiger partial charge in [0.05, 0.1) is 6.10 Å². The van der Waals surface area contributed by atoms with E-state index in [1.807, 2.05) is 31.3 Å². The van der Waals surface area contributed by atoms with Gasteiger partial charge in [-0.15, -0.1) is 0 Å². The van der Waals surface area contributed by atoms with E-state index in [9.17, 15) is 9.90 Å². The van der Waals surface area contributed by atoms with Crippen molar-refractivity contribution in [1.29, 1.82) is 0 Å². The number of nitrogens with zero attached hydrogens (tertiary/aromatic N) is 1. The Bertz CT molecular complexity index is 418. The highest BCUT2D eigenvalue weighted by molar-refractivity contribution is 5.90. The molecular formula is C16H27N3O2. The maximum Gasteiger partial charge on any atom is 0.224 e. The lowest BCUT2D eigenvalue weighted by molar-refractivity contribution is -0.116. The fraction of sp³-hybridized carbons (Fsp3) is 0.562. The van der Waals surface area contributed by atoms with Crippen molar-refractivity contribution in [3.05, 3.63) is 29.8 Å². The van der Waals surface area contributed by atoms with Gasteiger partial charge in [0.15, 0.2) is 0 Å². The van der Waals surface area contributed by atoms with E-state index in [-0.39, 0.29) is 12.0 Å². The predicted octanol–water partition coefficient (Wildman–Crippen LogP) is 1.57. The predicted molar refractivity (Wildman–Crippen MR) is 86.0 cm³/mol. The molecule has 0 radical (unpaired) electrons. The first-order valence-electron chi connectivity index (χ1n) is 7.46. The number of aliphatic hydroxyl groups excluding tert-OH is 1. The van der Waals surface area contributed by atoms with Crippen LogP contribution in [0.15, 0.2) is 24.3 Å². The van der Waals surface area contributed by atoms with Crippen molar-refractivity contribution in [3.8, 4) is 0 Å². The lowest BCUT2D eigenvalue weighted by Crippen LogP contribution is -2.24. The molecule has 0 aromatic heterocycles. The van der Waals surface area contributed by atoms with Gasteiger partial charge in [-0.25, -0.2) is 0 Å². The molecule has 0 aliphatic heterocycles. The molecule has 0 saturated carbocycles. The summed E-state index contributed by atoms with van der Waals surface area (Å²) in [6.45, 7) is 4.00. The third kappa shape index (κ3) is 7.80. The van der Waals surface area contributed by atoms with Crippen molar-refractivity contribution >= 4 is 11.6 Å². The van der Waals surface area contributed by atoms with Gasteiger partial charge in [-0.3, -0.25) is 4.79 Å². The van der Waals surface area contributed by atoms with E-state index in [4.69, 9.17) is 5.73 Å². The van der Waals surface area contributed by atoms with Crippen molar-refractivity contribution in [1.82, 2.24) is 4.90 Å². The molecule has 1 amide bonds. The number of rotatable bonds is 9. The highest BCUT2D eigenvalue weighted by Crippen LogP contribution is 2.10. The second-order valence-corrected chi connectivity index (χ2v) is 5.49. The zero-order valence-electron chi connectivity index (χ0n) is 13.0. The van der Waals surface area contributed by atoms with Crippen LogP contribution < -0.4 is 11.1 Å². The second-order valence-electron chi connectivity index (χ2n) is 5.49. The average molecular weight is 293 g/mol. The molecule has 0 spiro atoms. The Balaban J connectivity index is 2.21. The SMILES string of the molecule is CC(O)CCN(C)CCCC(=O)Nc1ccc(CN)cc1. The van der Waals surface area contributed by atoms with E-state index in [0.717, 1.165) is 37.2 Å². The van der Waals surface area contributed by atoms with Crippen molar-refractivity contribution in [3.63, 3.8) is 0 Å². The van der Waals surface area contributed by atoms with Crippen LogP contribution in [0.2, 0.25) is 0 Å². The lowest BCUT2D eigenvalue weighted by Gasteiger charge is -2.17. The van der Waals surface area contributed by atoms with Crippen LogP contribution in [-0.4, -0.2) is 42.2 Å². The van der Waals surface area contributed by atoms with Crippen LogP contribution in [-0.2, 0) is 11.3 Å². The Hall–Kier alpha value is -1.43. The number of nitrogens with one attached hydrogen (secondary N) is 1. The molecule has 0 heterocycles. The zero-order valence-corrected chi connectivity index (χ0v) is 13.0. The van der Waals surface area contributed by atoms with Gasteiger partial charge in [0, 0.05) is 25.2 Å². The summed E-state index contributed by atoms with van der Waals surface area (Å²) in [6.07, 6.45) is 1.80. The van der Waals surface area contributed by atoms with Crippen molar-refractivity contribution in [2.75, 3.05) is 25.5 Å². The highest BCUT2D eigenvalue weighted by atomic mass is 16.3. The molecule has 1 aromatic carbocycles. The third-order valence-electron chi connectivity index (χ3n) is 3.35. The Morgan fingerprint density at radius 2 is 2.00 bits per heavy atom. The van der Waals surface area contributed by atoms with Crippen molar-refractivity contribution in [2.45, 2.75) is 38.8 Å². The molecule has 4 N–H and O–H groups in total. The van der Waals surface area contributed by atoms with E-state index in [0.29, 0.717) is 13.0 Å². The minimum atomic E-state index is -0.271. The Kier molecular flexibility index (Phi) is 7.97. The number of carbonyl (C=O) groups is 1. The summed E-state index contributed by atoms with van der Waals surface area (Å²) in [6, 6.07) is 7.57. The van der Waals surface area contributed by atoms with E-state index >= 15 is 0 Å². The lowest BCUT2D eigenvalue weighted by atomic mass is 10.2. The number of anilines is 1. The summed E-state index contributed by atoms with van der Waals surface area (Å²) < 4.78 is 0. The molecule has 0 fully saturated rings. The summed E-state index contributed by atoms with van der Waals surface area (Å²) in [5, 5.41) is 12.1. The first kappa shape index (κ1) is 17.6. The summed E-state index contributed by atoms with van der Waals surface area (Å²) in [5.41, 5.74) is 7.38. The average Bonchev–Trinajstić information content (AvgIpc) is 2.46. The molecule has 1 atom stereocenters. The van der Waals surface area contributed by atoms with Crippen LogP contribution >= 0.6 is 0 Å². The monoisotopic (exact) mass is 293 g/mol. The molecule has 0 aliphatic rings. The molecule has 21 heavy (non-hydrogen) atoms. The van der Waals surface area contributed by atoms with Gasteiger partial charge >= 0.3 is 0 Å². The van der Waals surface area contributed by atoms with Gasteiger partial charge < -0.3 is 21.1 Å². The minimum Gasteiger partial charge on any atom is -0.393 e. The van der Waals surface area contributed by atoms with Gasteiger partial charge in [-0.1, -0.05) is 12.1 Å². The minimum absolute atomic E-state index is 0.0272. The first-order valence-corrected chi connectivity index (χ1v) is 7.46. The fourth-order valence-electron chi connectivity index (χ4n) is 1.98. The van der Waals surface area contributed by atoms with E-state index in [2.05, 4.69) is 10.2 Å². The molecule has 5 heteroatoms. The fourth-order valence-corrected chi connectivity index (χ4v) is 1.98. The molecule has 5 nitrogen and oxygen atoms in total. The molecule has 0 aliphatic carbocycles. The molecule has 0 saturated heterocycles. The third-order valence-corrected chi connectivity index (χ3v) is 3.35. The summed E-state index contributed by atoms with van der Waals surface area (Å²) in [5.74, 6) is 0.0272. The number of amides is 1. The van der Waals surface area contributed by atoms with Crippen LogP contribution in [0.4, 0.5) is 5.69 Å². The van der Waals surface area contributed by atoms with Crippen molar-refractivity contribution in [2.24, 2.45) is 5.73 Å². The molecule has 1 aromatic rings. The van der Waals surface area contributed by atoms with Crippen LogP contribution in [0.3, 0.4) is 0 Å². The molecule has 1 rings (SSSR count). The summed E-state index contributed by atoms with van der Waals surface area (Å²) >= 11 is 0. The molecule has 1 unspecified atom stereocenters. The zero-order chi connectivity index (χ0) is 15.7. The molecular weight excluding hydrogens is 266 g/mol. The number of aliphatic hydroxyl groups is 1.